The van der Waals surface area contributed by atoms with Crippen molar-refractivity contribution in [1.82, 2.24) is 9.55 Å². The molecule has 5 atom stereocenters. The highest BCUT2D eigenvalue weighted by atomic mass is 16.6. The molecule has 8 nitrogen and oxygen atoms in total. The van der Waals surface area contributed by atoms with Crippen LogP contribution in [0.3, 0.4) is 0 Å². The van der Waals surface area contributed by atoms with Crippen molar-refractivity contribution in [3.05, 3.63) is 33.1 Å². The quantitative estimate of drug-likeness (QED) is 0.501. The molecule has 1 aliphatic rings. The van der Waals surface area contributed by atoms with Gasteiger partial charge in [0.15, 0.2) is 6.23 Å². The second kappa shape index (κ2) is 5.25. The molecule has 1 aromatic heterocycles. The van der Waals surface area contributed by atoms with E-state index in [4.69, 9.17) is 4.74 Å². The zero-order valence-electron chi connectivity index (χ0n) is 10.3. The molecule has 1 aromatic rings. The third kappa shape index (κ3) is 2.47. The Balaban J connectivity index is 2.31. The topological polar surface area (TPSA) is 125 Å². The van der Waals surface area contributed by atoms with Crippen LogP contribution in [-0.2, 0) is 4.74 Å². The van der Waals surface area contributed by atoms with Crippen LogP contribution in [-0.4, -0.2) is 49.3 Å². The smallest absolute Gasteiger partial charge is 0.330 e. The lowest BCUT2D eigenvalue weighted by molar-refractivity contribution is -0.0864. The SMILES string of the molecule is CC[C@@H](O)[C@H]1O[C@@H](n2ccc(=O)[nH]c2=O)[C@H](O)[C@@H]1O. The molecule has 0 bridgehead atoms. The molecular formula is C11H16N2O6. The van der Waals surface area contributed by atoms with Crippen LogP contribution >= 0.6 is 0 Å². The predicted octanol–water partition coefficient (Wildman–Crippen LogP) is -2.07. The number of aromatic amines is 1. The number of H-pyrrole nitrogens is 1. The molecule has 1 aliphatic heterocycles. The van der Waals surface area contributed by atoms with Gasteiger partial charge in [0, 0.05) is 12.3 Å². The Labute approximate surface area is 107 Å². The first-order valence-electron chi connectivity index (χ1n) is 5.96. The fraction of sp³-hybridized carbons (Fsp3) is 0.636. The summed E-state index contributed by atoms with van der Waals surface area (Å²) in [6, 6.07) is 1.10. The van der Waals surface area contributed by atoms with E-state index < -0.39 is 41.9 Å². The molecule has 0 radical (unpaired) electrons. The first-order chi connectivity index (χ1) is 8.95. The Bertz CT molecular complexity index is 553. The van der Waals surface area contributed by atoms with Crippen LogP contribution in [0.15, 0.2) is 21.9 Å². The summed E-state index contributed by atoms with van der Waals surface area (Å²) in [6.07, 6.45) is -4.25. The number of nitrogens with zero attached hydrogens (tertiary/aromatic N) is 1. The van der Waals surface area contributed by atoms with Crippen molar-refractivity contribution in [2.24, 2.45) is 0 Å². The van der Waals surface area contributed by atoms with Crippen LogP contribution in [0, 0.1) is 0 Å². The lowest BCUT2D eigenvalue weighted by Crippen LogP contribution is -2.39. The number of hydrogen-bond donors (Lipinski definition) is 4. The van der Waals surface area contributed by atoms with Gasteiger partial charge in [-0.3, -0.25) is 14.3 Å². The van der Waals surface area contributed by atoms with Crippen LogP contribution in [0.4, 0.5) is 0 Å². The summed E-state index contributed by atoms with van der Waals surface area (Å²) >= 11 is 0. The first kappa shape index (κ1) is 13.9. The van der Waals surface area contributed by atoms with Gasteiger partial charge in [0.05, 0.1) is 6.10 Å². The summed E-state index contributed by atoms with van der Waals surface area (Å²) in [5, 5.41) is 29.4. The molecule has 1 saturated heterocycles. The molecule has 0 unspecified atom stereocenters. The Morgan fingerprint density at radius 2 is 2.11 bits per heavy atom. The lowest BCUT2D eigenvalue weighted by Gasteiger charge is -2.19. The molecule has 4 N–H and O–H groups in total. The monoisotopic (exact) mass is 272 g/mol. The summed E-state index contributed by atoms with van der Waals surface area (Å²) in [6.45, 7) is 1.70. The fourth-order valence-corrected chi connectivity index (χ4v) is 2.09. The molecule has 2 rings (SSSR count). The average molecular weight is 272 g/mol. The third-order valence-electron chi connectivity index (χ3n) is 3.20. The van der Waals surface area contributed by atoms with Gasteiger partial charge in [0.1, 0.15) is 18.3 Å². The van der Waals surface area contributed by atoms with Gasteiger partial charge in [-0.1, -0.05) is 6.92 Å². The second-order valence-corrected chi connectivity index (χ2v) is 4.47. The van der Waals surface area contributed by atoms with E-state index in [0.29, 0.717) is 6.42 Å². The van der Waals surface area contributed by atoms with Crippen molar-refractivity contribution in [2.75, 3.05) is 0 Å². The Kier molecular flexibility index (Phi) is 3.85. The summed E-state index contributed by atoms with van der Waals surface area (Å²) in [4.78, 5) is 24.6. The second-order valence-electron chi connectivity index (χ2n) is 4.47. The van der Waals surface area contributed by atoms with Gasteiger partial charge in [0.2, 0.25) is 0 Å². The van der Waals surface area contributed by atoms with E-state index in [0.717, 1.165) is 10.6 Å². The highest BCUT2D eigenvalue weighted by Crippen LogP contribution is 2.30. The molecule has 2 heterocycles. The molecule has 8 heteroatoms. The van der Waals surface area contributed by atoms with Gasteiger partial charge in [0.25, 0.3) is 5.56 Å². The number of aromatic nitrogens is 2. The van der Waals surface area contributed by atoms with E-state index in [-0.39, 0.29) is 0 Å². The number of ether oxygens (including phenoxy) is 1. The zero-order chi connectivity index (χ0) is 14.2. The third-order valence-corrected chi connectivity index (χ3v) is 3.20. The zero-order valence-corrected chi connectivity index (χ0v) is 10.3. The minimum absolute atomic E-state index is 0.335. The minimum atomic E-state index is -1.37. The molecule has 0 aromatic carbocycles. The largest absolute Gasteiger partial charge is 0.390 e. The normalized spacial score (nSPS) is 32.4. The number of hydrogen-bond acceptors (Lipinski definition) is 6. The highest BCUT2D eigenvalue weighted by molar-refractivity contribution is 4.95. The van der Waals surface area contributed by atoms with Crippen molar-refractivity contribution in [2.45, 2.75) is 44.0 Å². The first-order valence-corrected chi connectivity index (χ1v) is 5.96. The van der Waals surface area contributed by atoms with E-state index in [1.165, 1.54) is 6.20 Å². The van der Waals surface area contributed by atoms with Gasteiger partial charge in [-0.15, -0.1) is 0 Å². The molecule has 19 heavy (non-hydrogen) atoms. The van der Waals surface area contributed by atoms with E-state index >= 15 is 0 Å². The van der Waals surface area contributed by atoms with Gasteiger partial charge < -0.3 is 20.1 Å². The van der Waals surface area contributed by atoms with Gasteiger partial charge in [-0.05, 0) is 6.42 Å². The van der Waals surface area contributed by atoms with Gasteiger partial charge in [-0.25, -0.2) is 4.79 Å². The highest BCUT2D eigenvalue weighted by Gasteiger charge is 2.46. The van der Waals surface area contributed by atoms with Crippen LogP contribution in [0.5, 0.6) is 0 Å². The fourth-order valence-electron chi connectivity index (χ4n) is 2.09. The van der Waals surface area contributed by atoms with Crippen LogP contribution in [0.25, 0.3) is 0 Å². The van der Waals surface area contributed by atoms with Crippen molar-refractivity contribution < 1.29 is 20.1 Å². The minimum Gasteiger partial charge on any atom is -0.390 e. The number of nitrogens with one attached hydrogen (secondary N) is 1. The molecule has 0 spiro atoms. The van der Waals surface area contributed by atoms with Crippen molar-refractivity contribution in [3.8, 4) is 0 Å². The van der Waals surface area contributed by atoms with Gasteiger partial charge in [-0.2, -0.15) is 0 Å². The van der Waals surface area contributed by atoms with Crippen molar-refractivity contribution in [1.29, 1.82) is 0 Å². The lowest BCUT2D eigenvalue weighted by atomic mass is 10.0. The Morgan fingerprint density at radius 1 is 1.42 bits per heavy atom. The van der Waals surface area contributed by atoms with E-state index in [1.54, 1.807) is 6.92 Å². The van der Waals surface area contributed by atoms with Crippen LogP contribution in [0.1, 0.15) is 19.6 Å². The standard InChI is InChI=1S/C11H16N2O6/c1-2-5(14)9-7(16)8(17)10(19-9)13-4-3-6(15)12-11(13)18/h3-5,7-10,14,16-17H,2H2,1H3,(H,12,15,18)/t5-,7+,8-,9-,10-/m1/s1. The summed E-state index contributed by atoms with van der Waals surface area (Å²) in [5.74, 6) is 0. The average Bonchev–Trinajstić information content (AvgIpc) is 2.66. The van der Waals surface area contributed by atoms with Crippen LogP contribution < -0.4 is 11.2 Å². The predicted molar refractivity (Wildman–Crippen MR) is 63.5 cm³/mol. The Morgan fingerprint density at radius 3 is 2.68 bits per heavy atom. The Hall–Kier alpha value is -1.48. The van der Waals surface area contributed by atoms with E-state index in [1.807, 2.05) is 4.98 Å². The number of aliphatic hydroxyl groups is 3. The molecule has 0 aliphatic carbocycles. The maximum absolute atomic E-state index is 11.6. The van der Waals surface area contributed by atoms with Crippen molar-refractivity contribution >= 4 is 0 Å². The maximum atomic E-state index is 11.6. The molecule has 0 saturated carbocycles. The molecular weight excluding hydrogens is 256 g/mol. The van der Waals surface area contributed by atoms with Crippen LogP contribution in [0.2, 0.25) is 0 Å². The number of aliphatic hydroxyl groups excluding tert-OH is 3. The summed E-state index contributed by atoms with van der Waals surface area (Å²) in [7, 11) is 0. The molecule has 1 fully saturated rings. The van der Waals surface area contributed by atoms with Gasteiger partial charge >= 0.3 is 5.69 Å². The molecule has 0 amide bonds. The van der Waals surface area contributed by atoms with E-state index in [9.17, 15) is 24.9 Å². The summed E-state index contributed by atoms with van der Waals surface area (Å²) < 4.78 is 6.31. The molecule has 106 valence electrons. The number of rotatable bonds is 3. The maximum Gasteiger partial charge on any atom is 0.330 e. The summed E-state index contributed by atoms with van der Waals surface area (Å²) in [5.41, 5.74) is -1.32. The van der Waals surface area contributed by atoms with E-state index in [2.05, 4.69) is 0 Å². The van der Waals surface area contributed by atoms with Crippen molar-refractivity contribution in [3.63, 3.8) is 0 Å².